The maximum Gasteiger partial charge on any atom is 0.490 e. The fourth-order valence-electron chi connectivity index (χ4n) is 2.96. The van der Waals surface area contributed by atoms with Gasteiger partial charge in [0, 0.05) is 20.1 Å². The summed E-state index contributed by atoms with van der Waals surface area (Å²) in [6, 6.07) is 0. The van der Waals surface area contributed by atoms with E-state index in [4.69, 9.17) is 9.31 Å². The average Bonchev–Trinajstić information content (AvgIpc) is 2.96. The molecule has 0 radical (unpaired) electrons. The second-order valence-electron chi connectivity index (χ2n) is 7.70. The van der Waals surface area contributed by atoms with Crippen molar-refractivity contribution in [3.8, 4) is 0 Å². The molecule has 0 saturated carbocycles. The highest BCUT2D eigenvalue weighted by molar-refractivity contribution is 7.89. The molecule has 25 heavy (non-hydrogen) atoms. The topological polar surface area (TPSA) is 73.7 Å². The average molecular weight is 367 g/mol. The number of rotatable bonds is 3. The summed E-state index contributed by atoms with van der Waals surface area (Å²) in [5.41, 5.74) is 0.858. The summed E-state index contributed by atoms with van der Waals surface area (Å²) in [4.78, 5) is 0.266. The van der Waals surface area contributed by atoms with E-state index in [1.54, 1.807) is 18.7 Å². The molecule has 1 saturated heterocycles. The monoisotopic (exact) mass is 367 g/mol. The molecule has 3 rings (SSSR count). The molecule has 1 aromatic heterocycles. The van der Waals surface area contributed by atoms with E-state index in [2.05, 4.69) is 5.10 Å². The van der Waals surface area contributed by atoms with Crippen LogP contribution in [0.25, 0.3) is 0 Å². The molecule has 0 spiro atoms. The second kappa shape index (κ2) is 5.94. The van der Waals surface area contributed by atoms with Gasteiger partial charge in [0.1, 0.15) is 4.90 Å². The molecule has 3 heterocycles. The Morgan fingerprint density at radius 2 is 1.80 bits per heavy atom. The molecule has 0 bridgehead atoms. The standard InChI is InChI=1S/C16H26BN3O4S/c1-12-14(11-18-19(12)6)25(21,22)20-9-7-13(8-10-20)17-23-15(2,3)16(4,5)24-17/h7,11H,8-10H2,1-6H3. The first-order valence-electron chi connectivity index (χ1n) is 8.49. The van der Waals surface area contributed by atoms with Crippen LogP contribution in [0.1, 0.15) is 39.8 Å². The third-order valence-corrected chi connectivity index (χ3v) is 7.54. The predicted octanol–water partition coefficient (Wildman–Crippen LogP) is 1.68. The van der Waals surface area contributed by atoms with Gasteiger partial charge in [-0.15, -0.1) is 0 Å². The van der Waals surface area contributed by atoms with Gasteiger partial charge in [-0.3, -0.25) is 4.68 Å². The molecule has 2 aliphatic heterocycles. The Balaban J connectivity index is 1.76. The van der Waals surface area contributed by atoms with Crippen LogP contribution in [0, 0.1) is 6.92 Å². The highest BCUT2D eigenvalue weighted by Crippen LogP contribution is 2.39. The van der Waals surface area contributed by atoms with Crippen LogP contribution in [0.5, 0.6) is 0 Å². The van der Waals surface area contributed by atoms with Crippen LogP contribution in [0.2, 0.25) is 0 Å². The zero-order valence-corrected chi connectivity index (χ0v) is 16.6. The van der Waals surface area contributed by atoms with Crippen LogP contribution in [0.3, 0.4) is 0 Å². The van der Waals surface area contributed by atoms with Crippen molar-refractivity contribution in [1.29, 1.82) is 0 Å². The summed E-state index contributed by atoms with van der Waals surface area (Å²) in [5.74, 6) is 0. The summed E-state index contributed by atoms with van der Waals surface area (Å²) >= 11 is 0. The van der Waals surface area contributed by atoms with Crippen LogP contribution in [0.15, 0.2) is 22.6 Å². The van der Waals surface area contributed by atoms with E-state index in [1.807, 2.05) is 33.8 Å². The summed E-state index contributed by atoms with van der Waals surface area (Å²) in [6.45, 7) is 10.5. The van der Waals surface area contributed by atoms with Crippen molar-refractivity contribution in [3.63, 3.8) is 0 Å². The third-order valence-electron chi connectivity index (χ3n) is 5.57. The number of hydrogen-bond acceptors (Lipinski definition) is 5. The maximum atomic E-state index is 12.8. The lowest BCUT2D eigenvalue weighted by Gasteiger charge is -2.32. The molecular weight excluding hydrogens is 341 g/mol. The molecule has 138 valence electrons. The van der Waals surface area contributed by atoms with Crippen molar-refractivity contribution in [2.24, 2.45) is 7.05 Å². The summed E-state index contributed by atoms with van der Waals surface area (Å²) in [5, 5.41) is 4.04. The summed E-state index contributed by atoms with van der Waals surface area (Å²) < 4.78 is 40.8. The first-order valence-corrected chi connectivity index (χ1v) is 9.93. The highest BCUT2D eigenvalue weighted by Gasteiger charge is 2.52. The molecule has 9 heteroatoms. The van der Waals surface area contributed by atoms with Gasteiger partial charge in [-0.25, -0.2) is 8.42 Å². The minimum Gasteiger partial charge on any atom is -0.400 e. The smallest absolute Gasteiger partial charge is 0.400 e. The van der Waals surface area contributed by atoms with Crippen molar-refractivity contribution in [1.82, 2.24) is 14.1 Å². The van der Waals surface area contributed by atoms with E-state index in [0.717, 1.165) is 5.47 Å². The van der Waals surface area contributed by atoms with Crippen molar-refractivity contribution in [3.05, 3.63) is 23.4 Å². The Hall–Kier alpha value is -1.16. The molecule has 1 aromatic rings. The molecular formula is C16H26BN3O4S. The fourth-order valence-corrected chi connectivity index (χ4v) is 4.53. The van der Waals surface area contributed by atoms with Crippen molar-refractivity contribution < 1.29 is 17.7 Å². The van der Waals surface area contributed by atoms with Gasteiger partial charge in [0.15, 0.2) is 0 Å². The predicted molar refractivity (Wildman–Crippen MR) is 95.5 cm³/mol. The molecule has 0 amide bonds. The summed E-state index contributed by atoms with van der Waals surface area (Å²) in [7, 11) is -2.21. The van der Waals surface area contributed by atoms with Gasteiger partial charge in [0.25, 0.3) is 0 Å². The van der Waals surface area contributed by atoms with E-state index in [9.17, 15) is 8.42 Å². The second-order valence-corrected chi connectivity index (χ2v) is 9.60. The van der Waals surface area contributed by atoms with Crippen molar-refractivity contribution >= 4 is 17.1 Å². The lowest BCUT2D eigenvalue weighted by Crippen LogP contribution is -2.41. The van der Waals surface area contributed by atoms with E-state index in [1.165, 1.54) is 10.5 Å². The normalized spacial score (nSPS) is 23.8. The number of hydrogen-bond donors (Lipinski definition) is 0. The van der Waals surface area contributed by atoms with Gasteiger partial charge in [0.05, 0.1) is 23.1 Å². The molecule has 0 N–H and O–H groups in total. The lowest BCUT2D eigenvalue weighted by atomic mass is 9.75. The number of nitrogens with zero attached hydrogens (tertiary/aromatic N) is 3. The molecule has 2 aliphatic rings. The lowest BCUT2D eigenvalue weighted by molar-refractivity contribution is 0.00578. The van der Waals surface area contributed by atoms with Gasteiger partial charge >= 0.3 is 7.12 Å². The Labute approximate surface area is 150 Å². The Morgan fingerprint density at radius 3 is 2.24 bits per heavy atom. The van der Waals surface area contributed by atoms with Gasteiger partial charge in [0.2, 0.25) is 10.0 Å². The fraction of sp³-hybridized carbons (Fsp3) is 0.688. The van der Waals surface area contributed by atoms with E-state index in [-0.39, 0.29) is 4.90 Å². The number of sulfonamides is 1. The highest BCUT2D eigenvalue weighted by atomic mass is 32.2. The van der Waals surface area contributed by atoms with Crippen LogP contribution >= 0.6 is 0 Å². The molecule has 1 fully saturated rings. The minimum absolute atomic E-state index is 0.266. The van der Waals surface area contributed by atoms with Crippen LogP contribution in [-0.4, -0.2) is 53.9 Å². The van der Waals surface area contributed by atoms with Crippen LogP contribution in [-0.2, 0) is 26.4 Å². The number of aromatic nitrogens is 2. The van der Waals surface area contributed by atoms with Crippen LogP contribution < -0.4 is 0 Å². The quantitative estimate of drug-likeness (QED) is 0.760. The summed E-state index contributed by atoms with van der Waals surface area (Å²) in [6.07, 6.45) is 3.92. The number of aryl methyl sites for hydroxylation is 1. The first kappa shape index (κ1) is 18.6. The Bertz CT molecular complexity index is 797. The van der Waals surface area contributed by atoms with Crippen LogP contribution in [0.4, 0.5) is 0 Å². The zero-order valence-electron chi connectivity index (χ0n) is 15.7. The minimum atomic E-state index is -3.54. The first-order chi connectivity index (χ1) is 11.5. The van der Waals surface area contributed by atoms with E-state index in [0.29, 0.717) is 25.2 Å². The molecule has 0 aliphatic carbocycles. The molecule has 0 unspecified atom stereocenters. The maximum absolute atomic E-state index is 12.8. The third kappa shape index (κ3) is 3.07. The Kier molecular flexibility index (Phi) is 4.43. The molecule has 0 aromatic carbocycles. The van der Waals surface area contributed by atoms with Gasteiger partial charge in [-0.1, -0.05) is 6.08 Å². The molecule has 0 atom stereocenters. The zero-order chi connectivity index (χ0) is 18.6. The SMILES string of the molecule is Cc1c(S(=O)(=O)N2CC=C(B3OC(C)(C)C(C)(C)O3)CC2)cnn1C. The van der Waals surface area contributed by atoms with E-state index < -0.39 is 28.3 Å². The van der Waals surface area contributed by atoms with Crippen molar-refractivity contribution in [2.75, 3.05) is 13.1 Å². The van der Waals surface area contributed by atoms with Gasteiger partial charge in [-0.05, 0) is 46.5 Å². The largest absolute Gasteiger partial charge is 0.490 e. The van der Waals surface area contributed by atoms with Gasteiger partial charge in [-0.2, -0.15) is 9.40 Å². The molecule has 7 nitrogen and oxygen atoms in total. The van der Waals surface area contributed by atoms with Crippen molar-refractivity contribution in [2.45, 2.75) is 57.1 Å². The Morgan fingerprint density at radius 1 is 1.20 bits per heavy atom. The van der Waals surface area contributed by atoms with Gasteiger partial charge < -0.3 is 9.31 Å². The van der Waals surface area contributed by atoms with E-state index >= 15 is 0 Å².